The van der Waals surface area contributed by atoms with Crippen molar-refractivity contribution in [2.45, 2.75) is 73.1 Å². The van der Waals surface area contributed by atoms with Crippen LogP contribution in [-0.4, -0.2) is 9.55 Å². The van der Waals surface area contributed by atoms with Crippen molar-refractivity contribution in [2.75, 3.05) is 9.80 Å². The normalized spacial score (nSPS) is 13.6. The first-order chi connectivity index (χ1) is 35.4. The number of fused-ring (bicyclic) bond motifs is 7. The van der Waals surface area contributed by atoms with E-state index in [0.717, 1.165) is 55.7 Å². The van der Waals surface area contributed by atoms with Gasteiger partial charge in [-0.2, -0.15) is 12.1 Å². The Morgan fingerprint density at radius 1 is 0.583 bits per heavy atom. The zero-order valence-corrected chi connectivity index (χ0v) is 44.7. The molecule has 1 aliphatic rings. The van der Waals surface area contributed by atoms with Gasteiger partial charge in [0.2, 0.25) is 0 Å². The maximum absolute atomic E-state index is 8.71. The van der Waals surface area contributed by atoms with Gasteiger partial charge in [0.15, 0.2) is 0 Å². The van der Waals surface area contributed by atoms with E-state index in [4.69, 9.17) is 13.8 Å². The first-order valence-corrected chi connectivity index (χ1v) is 25.1. The molecule has 0 aliphatic carbocycles. The van der Waals surface area contributed by atoms with Crippen molar-refractivity contribution < 1.29 is 29.9 Å². The van der Waals surface area contributed by atoms with E-state index in [9.17, 15) is 0 Å². The molecule has 0 atom stereocenters. The topological polar surface area (TPSA) is 33.5 Å². The summed E-state index contributed by atoms with van der Waals surface area (Å²) in [5.74, 6) is 1.48. The molecule has 0 N–H and O–H groups in total. The number of aryl methyl sites for hydroxylation is 3. The molecule has 0 unspecified atom stereocenters. The summed E-state index contributed by atoms with van der Waals surface area (Å²) in [6, 6.07) is 61.7. The predicted octanol–water partition coefficient (Wildman–Crippen LogP) is 18.2. The summed E-state index contributed by atoms with van der Waals surface area (Å²) < 4.78 is 37.4. The van der Waals surface area contributed by atoms with Gasteiger partial charge in [-0.25, -0.2) is 4.98 Å². The minimum atomic E-state index is -2.41. The number of nitrogens with zero attached hydrogens (tertiary/aromatic N) is 4. The minimum Gasteiger partial charge on any atom is -0.509 e. The van der Waals surface area contributed by atoms with Gasteiger partial charge in [0, 0.05) is 91.2 Å². The van der Waals surface area contributed by atoms with Crippen LogP contribution in [0.25, 0.3) is 70.0 Å². The summed E-state index contributed by atoms with van der Waals surface area (Å²) in [5.41, 5.74) is 14.4. The third-order valence-electron chi connectivity index (χ3n) is 14.1. The van der Waals surface area contributed by atoms with Gasteiger partial charge in [0.25, 0.3) is 0 Å². The molecule has 0 spiro atoms. The monoisotopic (exact) mass is 1140 g/mol. The molecule has 8 aromatic carbocycles. The van der Waals surface area contributed by atoms with Gasteiger partial charge >= 0.3 is 0 Å². The standard InChI is InChI=1S/C65H55N4OS.Pt/c1-40-29-59-60(30-41(40)2)68(48-34-45(64(4,5)6)33-46(35-48)65(7,8)9)39-67(59)47-19-15-20-49(36-47)70-50-26-27-52-55-32-44(51-22-16-23-54-53-21-13-14-24-61(53)71-63(51)54)25-28-57(55)69(58(52)37-50)62-31-42(3)56(38-66-62)43-17-11-10-12-18-43;/h10-35,38-39H,1-9H3;/q-3;/i3D3;. The molecule has 12 rings (SSSR count). The van der Waals surface area contributed by atoms with Crippen LogP contribution in [0, 0.1) is 39.5 Å². The van der Waals surface area contributed by atoms with Crippen LogP contribution in [0.2, 0.25) is 0 Å². The summed E-state index contributed by atoms with van der Waals surface area (Å²) in [6.45, 7) is 17.7. The van der Waals surface area contributed by atoms with Crippen LogP contribution in [-0.2, 0) is 31.9 Å². The van der Waals surface area contributed by atoms with Gasteiger partial charge in [0.05, 0.1) is 0 Å². The Morgan fingerprint density at radius 2 is 1.28 bits per heavy atom. The fourth-order valence-electron chi connectivity index (χ4n) is 9.96. The van der Waals surface area contributed by atoms with Gasteiger partial charge in [0.1, 0.15) is 5.82 Å². The van der Waals surface area contributed by atoms with Crippen LogP contribution in [0.5, 0.6) is 11.5 Å². The molecule has 72 heavy (non-hydrogen) atoms. The second-order valence-electron chi connectivity index (χ2n) is 20.9. The maximum atomic E-state index is 8.71. The largest absolute Gasteiger partial charge is 0.509 e. The van der Waals surface area contributed by atoms with Crippen LogP contribution in [0.15, 0.2) is 164 Å². The van der Waals surface area contributed by atoms with Gasteiger partial charge < -0.3 is 19.1 Å². The summed E-state index contributed by atoms with van der Waals surface area (Å²) in [7, 11) is 0. The zero-order valence-electron chi connectivity index (χ0n) is 44.6. The minimum absolute atomic E-state index is 0. The molecule has 0 fully saturated rings. The van der Waals surface area contributed by atoms with E-state index in [-0.39, 0.29) is 37.5 Å². The summed E-state index contributed by atoms with van der Waals surface area (Å²) >= 11 is 1.81. The van der Waals surface area contributed by atoms with Crippen LogP contribution in [0.3, 0.4) is 0 Å². The fraction of sp³-hybridized carbons (Fsp3) is 0.169. The molecule has 0 amide bonds. The van der Waals surface area contributed by atoms with E-state index in [1.807, 2.05) is 53.1 Å². The molecule has 5 nitrogen and oxygen atoms in total. The fourth-order valence-corrected chi connectivity index (χ4v) is 11.2. The molecular formula is C65H55N4OPtS-3. The Balaban J connectivity index is 0.00000602. The van der Waals surface area contributed by atoms with Gasteiger partial charge in [-0.1, -0.05) is 132 Å². The first kappa shape index (κ1) is 43.8. The predicted molar refractivity (Wildman–Crippen MR) is 300 cm³/mol. The molecule has 3 aromatic heterocycles. The Kier molecular flexibility index (Phi) is 10.9. The van der Waals surface area contributed by atoms with E-state index < -0.39 is 6.85 Å². The van der Waals surface area contributed by atoms with E-state index in [1.165, 1.54) is 42.4 Å². The summed E-state index contributed by atoms with van der Waals surface area (Å²) in [5, 5.41) is 4.40. The number of hydrogen-bond acceptors (Lipinski definition) is 5. The van der Waals surface area contributed by atoms with E-state index in [1.54, 1.807) is 23.6 Å². The maximum Gasteiger partial charge on any atom is 0.135 e. The van der Waals surface area contributed by atoms with Gasteiger partial charge in [-0.3, -0.25) is 0 Å². The van der Waals surface area contributed by atoms with E-state index in [2.05, 4.69) is 187 Å². The number of thiophene rings is 1. The average Bonchev–Trinajstić information content (AvgIpc) is 4.09. The second-order valence-corrected chi connectivity index (χ2v) is 22.0. The molecule has 4 heterocycles. The zero-order chi connectivity index (χ0) is 51.4. The third-order valence-corrected chi connectivity index (χ3v) is 15.3. The van der Waals surface area contributed by atoms with Crippen LogP contribution >= 0.6 is 11.3 Å². The Hall–Kier alpha value is -6.98. The first-order valence-electron chi connectivity index (χ1n) is 25.8. The van der Waals surface area contributed by atoms with Crippen molar-refractivity contribution in [1.82, 2.24) is 9.55 Å². The number of aromatic nitrogens is 2. The number of hydrogen-bond donors (Lipinski definition) is 0. The van der Waals surface area contributed by atoms with Gasteiger partial charge in [-0.05, 0) is 124 Å². The number of benzene rings is 8. The van der Waals surface area contributed by atoms with Crippen molar-refractivity contribution in [3.63, 3.8) is 0 Å². The molecule has 0 saturated carbocycles. The molecule has 7 heteroatoms. The number of ether oxygens (including phenoxy) is 1. The molecule has 0 saturated heterocycles. The molecule has 11 aromatic rings. The van der Waals surface area contributed by atoms with Crippen molar-refractivity contribution in [2.24, 2.45) is 0 Å². The van der Waals surface area contributed by atoms with Crippen LogP contribution in [0.1, 0.15) is 73.5 Å². The Bertz CT molecular complexity index is 4000. The van der Waals surface area contributed by atoms with Gasteiger partial charge in [-0.15, -0.1) is 59.4 Å². The number of pyridine rings is 1. The number of anilines is 4. The van der Waals surface area contributed by atoms with Crippen molar-refractivity contribution in [3.05, 3.63) is 211 Å². The van der Waals surface area contributed by atoms with E-state index >= 15 is 0 Å². The molecule has 360 valence electrons. The Labute approximate surface area is 445 Å². The van der Waals surface area contributed by atoms with Crippen LogP contribution in [0.4, 0.5) is 22.7 Å². The number of rotatable bonds is 7. The average molecular weight is 1140 g/mol. The van der Waals surface area contributed by atoms with Crippen LogP contribution < -0.4 is 14.5 Å². The molecule has 1 aliphatic heterocycles. The third kappa shape index (κ3) is 8.29. The molecular weight excluding hydrogens is 1080 g/mol. The molecule has 0 bridgehead atoms. The smallest absolute Gasteiger partial charge is 0.135 e. The van der Waals surface area contributed by atoms with E-state index in [0.29, 0.717) is 28.4 Å². The van der Waals surface area contributed by atoms with Crippen molar-refractivity contribution in [1.29, 1.82) is 0 Å². The molecule has 0 radical (unpaired) electrons. The quantitative estimate of drug-likeness (QED) is 0.149. The Morgan fingerprint density at radius 3 is 2.03 bits per heavy atom. The second kappa shape index (κ2) is 17.9. The SMILES string of the molecule is [2H]C([2H])([2H])c1cc(-n2c3[c-]c(Oc4[c-]c(N5[CH-]N(c6cc(C(C)(C)C)cc(C(C)(C)C)c6)c6cc(C)c(C)cc65)ccc4)ccc3c3cc(-c4cccc5c4sc4ccccc45)ccc32)ncc1-c1ccccc1.[Pt]. The summed E-state index contributed by atoms with van der Waals surface area (Å²) in [4.78, 5) is 9.52. The van der Waals surface area contributed by atoms with Crippen molar-refractivity contribution >= 4 is 76.1 Å². The van der Waals surface area contributed by atoms with Crippen molar-refractivity contribution in [3.8, 4) is 39.6 Å². The summed E-state index contributed by atoms with van der Waals surface area (Å²) in [6.07, 6.45) is 1.68.